The van der Waals surface area contributed by atoms with Gasteiger partial charge in [-0.3, -0.25) is 0 Å². The Balaban J connectivity index is -0.0000000761. The van der Waals surface area contributed by atoms with Crippen molar-refractivity contribution >= 4 is 139 Å². The summed E-state index contributed by atoms with van der Waals surface area (Å²) in [6, 6.07) is 0. The Morgan fingerprint density at radius 1 is 0.368 bits per heavy atom. The fourth-order valence-corrected chi connectivity index (χ4v) is 61.0. The van der Waals surface area contributed by atoms with Crippen LogP contribution in [0.25, 0.3) is 0 Å². The monoisotopic (exact) mass is 1240 g/mol. The van der Waals surface area contributed by atoms with Crippen molar-refractivity contribution in [2.45, 2.75) is 223 Å². The molecule has 1 aliphatic rings. The first-order chi connectivity index (χ1) is 26.5. The minimum Gasteiger partial charge on any atom is -1.00 e. The van der Waals surface area contributed by atoms with Gasteiger partial charge in [0.1, 0.15) is 8.11 Å². The maximum Gasteiger partial charge on any atom is 1.00 e. The molecule has 0 aromatic carbocycles. The molecule has 0 spiro atoms. The summed E-state index contributed by atoms with van der Waals surface area (Å²) < 4.78 is 58.8. The first-order valence-corrected chi connectivity index (χ1v) is 68.1. The summed E-state index contributed by atoms with van der Waals surface area (Å²) >= 11 is 5.41. The van der Waals surface area contributed by atoms with E-state index in [0.717, 1.165) is 0 Å². The van der Waals surface area contributed by atoms with Crippen molar-refractivity contribution in [3.63, 3.8) is 0 Å². The molecule has 0 bridgehead atoms. The topological polar surface area (TPSA) is 161 Å². The third-order valence-corrected chi connectivity index (χ3v) is 46.1. The average molecular weight is 1240 g/mol. The Morgan fingerprint density at radius 2 is 0.529 bits per heavy atom. The Bertz CT molecular complexity index is 1140. The van der Waals surface area contributed by atoms with Crippen LogP contribution in [0.5, 0.6) is 0 Å². The van der Waals surface area contributed by atoms with E-state index in [4.69, 9.17) is 52.2 Å². The molecule has 1 rings (SSSR count). The summed E-state index contributed by atoms with van der Waals surface area (Å²) in [5.74, 6) is 0. The van der Waals surface area contributed by atoms with E-state index >= 15 is 0 Å². The van der Waals surface area contributed by atoms with Gasteiger partial charge in [0.05, 0.1) is 17.1 Å². The van der Waals surface area contributed by atoms with E-state index in [1.165, 1.54) is 0 Å². The van der Waals surface area contributed by atoms with E-state index in [0.29, 0.717) is 0 Å². The number of rotatable bonds is 14. The summed E-state index contributed by atoms with van der Waals surface area (Å²) in [5, 5.41) is 0. The van der Waals surface area contributed by atoms with Crippen LogP contribution in [0.3, 0.4) is 0 Å². The van der Waals surface area contributed by atoms with Crippen molar-refractivity contribution in [1.82, 2.24) is 0 Å². The van der Waals surface area contributed by atoms with Crippen LogP contribution in [-0.2, 0) is 41.2 Å². The molecule has 0 radical (unpaired) electrons. The zero-order valence-corrected chi connectivity index (χ0v) is 68.5. The van der Waals surface area contributed by atoms with E-state index in [9.17, 15) is 14.4 Å². The van der Waals surface area contributed by atoms with Gasteiger partial charge in [0.15, 0.2) is 34.0 Å². The second-order valence-electron chi connectivity index (χ2n) is 24.1. The van der Waals surface area contributed by atoms with Crippen molar-refractivity contribution < 1.29 is 143 Å². The quantitative estimate of drug-likeness (QED) is 0.121. The Kier molecular flexibility index (Phi) is 53.1. The number of hydrogen-bond donors (Lipinski definition) is 0. The van der Waals surface area contributed by atoms with Gasteiger partial charge >= 0.3 is 135 Å². The van der Waals surface area contributed by atoms with E-state index in [-0.39, 0.29) is 87.8 Å². The third kappa shape index (κ3) is 85.6. The summed E-state index contributed by atoms with van der Waals surface area (Å²) in [6.45, 7) is 68.7. The molecule has 1 heterocycles. The zero-order chi connectivity index (χ0) is 52.7. The van der Waals surface area contributed by atoms with Gasteiger partial charge in [-0.2, -0.15) is 11.1 Å². The molecule has 68 heavy (non-hydrogen) atoms. The second kappa shape index (κ2) is 37.6. The van der Waals surface area contributed by atoms with Crippen molar-refractivity contribution in [3.8, 4) is 0 Å². The molecule has 0 atom stereocenters. The van der Waals surface area contributed by atoms with Crippen molar-refractivity contribution in [2.75, 3.05) is 0 Å². The van der Waals surface area contributed by atoms with Gasteiger partial charge in [0.2, 0.25) is 0 Å². The molecule has 396 valence electrons. The molecule has 1 fully saturated rings. The van der Waals surface area contributed by atoms with Gasteiger partial charge in [-0.25, -0.2) is 0 Å². The molecule has 34 heteroatoms. The zero-order valence-electron chi connectivity index (χ0n) is 51.7. The van der Waals surface area contributed by atoms with Crippen LogP contribution >= 0.6 is 11.1 Å². The molecule has 0 aromatic heterocycles. The minimum absolute atomic E-state index is 0. The molecule has 0 aromatic rings. The molecule has 1 saturated heterocycles. The van der Waals surface area contributed by atoms with Gasteiger partial charge in [-0.15, -0.1) is 0 Å². The molecule has 0 N–H and O–H groups in total. The molecule has 0 amide bonds. The maximum atomic E-state index is 11.5. The first kappa shape index (κ1) is 96.0. The Labute approximate surface area is 498 Å². The van der Waals surface area contributed by atoms with Crippen LogP contribution in [0.4, 0.5) is 0 Å². The van der Waals surface area contributed by atoms with Crippen LogP contribution in [0.1, 0.15) is 0 Å². The Hall–Kier alpha value is 5.70. The summed E-state index contributed by atoms with van der Waals surface area (Å²) in [4.78, 5) is 33.2. The normalized spacial score (nSPS) is 16.1. The van der Waals surface area contributed by atoms with E-state index < -0.39 is 127 Å². The molecule has 0 saturated carbocycles. The molecule has 1 aliphatic heterocycles. The van der Waals surface area contributed by atoms with Crippen LogP contribution < -0.4 is 102 Å². The fourth-order valence-electron chi connectivity index (χ4n) is 6.48. The van der Waals surface area contributed by atoms with Gasteiger partial charge < -0.3 is 67.9 Å². The predicted molar refractivity (Wildman–Crippen MR) is 305 cm³/mol. The second-order valence-corrected chi connectivity index (χ2v) is 81.3. The van der Waals surface area contributed by atoms with Crippen LogP contribution in [0.2, 0.25) is 223 Å². The van der Waals surface area contributed by atoms with Gasteiger partial charge in [0.25, 0.3) is 0 Å². The molecule has 0 unspecified atom stereocenters. The average Bonchev–Trinajstić information content (AvgIpc) is 2.69. The molecular formula is C34H104Cl2Li4O13Si15. The van der Waals surface area contributed by atoms with E-state index in [1.807, 2.05) is 26.2 Å². The molecular weight excluding hydrogens is 1140 g/mol. The standard InChI is InChI=1S/C9H28O3Si4.2C7H21O3Si3.C6H18O3Si3.C3H9OSi.C2H7ClSi.ClH.4Li/c1-13(2)10-15(6,7)12-16(8,9)11-14(3,4)5;2*1-11(2,3)9-13(6,7)10-12(4,5)8;1-10(2)7-11(3,4)9-12(5,6)8-10;1-5(2,3)4;1-4(2)3;;;;;/h13H,1-9H3;2*1-7H3;1-6H3;1-3H3;4H,1-2H3;1H;;;;/q;2*-1;;-1;;;4*+1/p-1. The van der Waals surface area contributed by atoms with Crippen molar-refractivity contribution in [1.29, 1.82) is 0 Å². The fraction of sp³-hybridized carbons (Fsp3) is 1.00. The first-order valence-electron chi connectivity index (χ1n) is 22.3. The van der Waals surface area contributed by atoms with Crippen LogP contribution in [0, 0.1) is 0 Å². The van der Waals surface area contributed by atoms with Crippen LogP contribution in [-0.4, -0.2) is 127 Å². The summed E-state index contributed by atoms with van der Waals surface area (Å²) in [5.41, 5.74) is 0. The van der Waals surface area contributed by atoms with E-state index in [2.05, 4.69) is 151 Å². The van der Waals surface area contributed by atoms with Gasteiger partial charge in [-0.05, 0) is 164 Å². The maximum absolute atomic E-state index is 11.5. The predicted octanol–water partition coefficient (Wildman–Crippen LogP) is -4.94. The summed E-state index contributed by atoms with van der Waals surface area (Å²) in [7, 11) is -27.5. The van der Waals surface area contributed by atoms with Crippen molar-refractivity contribution in [3.05, 3.63) is 0 Å². The summed E-state index contributed by atoms with van der Waals surface area (Å²) in [6.07, 6.45) is 0. The third-order valence-electron chi connectivity index (χ3n) is 5.12. The van der Waals surface area contributed by atoms with Crippen LogP contribution in [0.15, 0.2) is 0 Å². The molecule has 13 nitrogen and oxygen atoms in total. The number of halogens is 2. The largest absolute Gasteiger partial charge is 1.00 e. The number of hydrogen-bond acceptors (Lipinski definition) is 13. The van der Waals surface area contributed by atoms with Crippen molar-refractivity contribution in [2.24, 2.45) is 0 Å². The van der Waals surface area contributed by atoms with E-state index in [1.54, 1.807) is 45.8 Å². The smallest absolute Gasteiger partial charge is 1.00 e. The Morgan fingerprint density at radius 3 is 0.662 bits per heavy atom. The SMILES string of the molecule is C[SiH](C)Cl.C[SiH](C)O[Si](C)(C)O[Si](C)(C)O[Si](C)(C)C.C[Si](C)(C)O[Si](C)(C)O[Si](C)(C)[O-].C[Si](C)(C)O[Si](C)(C)O[Si](C)(C)[O-].C[Si](C)(C)[O-].C[Si]1(C)O[Si](C)(C)O[Si](C)(C)O1.[Cl-].[Li+].[Li+].[Li+].[Li+]. The molecule has 0 aliphatic carbocycles. The minimum atomic E-state index is -2.68. The van der Waals surface area contributed by atoms with Gasteiger partial charge in [0, 0.05) is 0 Å². The van der Waals surface area contributed by atoms with Gasteiger partial charge in [-0.1, -0.05) is 67.2 Å².